The van der Waals surface area contributed by atoms with Gasteiger partial charge in [0.1, 0.15) is 6.54 Å². The number of rotatable bonds is 5. The number of aryl methyl sites for hydroxylation is 1. The van der Waals surface area contributed by atoms with Gasteiger partial charge in [-0.15, -0.1) is 0 Å². The highest BCUT2D eigenvalue weighted by Gasteiger charge is 2.22. The molecular weight excluding hydrogens is 306 g/mol. The van der Waals surface area contributed by atoms with Crippen molar-refractivity contribution in [2.24, 2.45) is 5.92 Å². The van der Waals surface area contributed by atoms with Crippen LogP contribution in [0.25, 0.3) is 10.8 Å². The van der Waals surface area contributed by atoms with E-state index >= 15 is 0 Å². The van der Waals surface area contributed by atoms with Crippen molar-refractivity contribution < 1.29 is 9.53 Å². The van der Waals surface area contributed by atoms with Gasteiger partial charge in [0, 0.05) is 31.0 Å². The van der Waals surface area contributed by atoms with Gasteiger partial charge in [0.2, 0.25) is 5.91 Å². The predicted octanol–water partition coefficient (Wildman–Crippen LogP) is 1.59. The van der Waals surface area contributed by atoms with E-state index in [0.29, 0.717) is 31.0 Å². The molecule has 0 saturated carbocycles. The maximum Gasteiger partial charge on any atom is 0.275 e. The molecule has 6 nitrogen and oxygen atoms in total. The van der Waals surface area contributed by atoms with Crippen LogP contribution in [0.1, 0.15) is 19.0 Å². The van der Waals surface area contributed by atoms with Gasteiger partial charge in [-0.2, -0.15) is 5.10 Å². The molecule has 1 saturated heterocycles. The van der Waals surface area contributed by atoms with Gasteiger partial charge in [0.05, 0.1) is 17.7 Å². The van der Waals surface area contributed by atoms with E-state index < -0.39 is 0 Å². The second kappa shape index (κ2) is 7.13. The molecule has 1 aliphatic rings. The number of nitrogens with zero attached hydrogens (tertiary/aromatic N) is 3. The van der Waals surface area contributed by atoms with Gasteiger partial charge in [0.15, 0.2) is 0 Å². The van der Waals surface area contributed by atoms with Gasteiger partial charge in [-0.3, -0.25) is 9.59 Å². The molecule has 1 aromatic carbocycles. The Balaban J connectivity index is 1.81. The summed E-state index contributed by atoms with van der Waals surface area (Å²) in [6, 6.07) is 7.37. The lowest BCUT2D eigenvalue weighted by Crippen LogP contribution is -2.40. The zero-order valence-electron chi connectivity index (χ0n) is 14.2. The molecule has 0 radical (unpaired) electrons. The fourth-order valence-electron chi connectivity index (χ4n) is 3.19. The highest BCUT2D eigenvalue weighted by molar-refractivity contribution is 5.83. The number of amides is 1. The van der Waals surface area contributed by atoms with Crippen LogP contribution < -0.4 is 5.56 Å². The SMILES string of the molecule is CCN(CC1CCOC1)C(=O)Cn1nc(C)c2ccccc2c1=O. The van der Waals surface area contributed by atoms with Crippen molar-refractivity contribution >= 4 is 16.7 Å². The minimum Gasteiger partial charge on any atom is -0.381 e. The molecule has 1 aromatic heterocycles. The maximum atomic E-state index is 12.6. The monoisotopic (exact) mass is 329 g/mol. The number of benzene rings is 1. The van der Waals surface area contributed by atoms with Crippen LogP contribution in [0.15, 0.2) is 29.1 Å². The summed E-state index contributed by atoms with van der Waals surface area (Å²) in [6.07, 6.45) is 0.983. The van der Waals surface area contributed by atoms with Gasteiger partial charge >= 0.3 is 0 Å². The molecule has 3 rings (SSSR count). The van der Waals surface area contributed by atoms with Gasteiger partial charge < -0.3 is 9.64 Å². The van der Waals surface area contributed by atoms with E-state index in [4.69, 9.17) is 4.74 Å². The average Bonchev–Trinajstić information content (AvgIpc) is 3.10. The Morgan fingerprint density at radius 1 is 1.38 bits per heavy atom. The number of carbonyl (C=O) groups excluding carboxylic acids is 1. The quantitative estimate of drug-likeness (QED) is 0.836. The van der Waals surface area contributed by atoms with E-state index in [0.717, 1.165) is 24.1 Å². The molecule has 128 valence electrons. The van der Waals surface area contributed by atoms with Gasteiger partial charge in [-0.05, 0) is 26.3 Å². The van der Waals surface area contributed by atoms with Crippen LogP contribution in [0, 0.1) is 12.8 Å². The third-order valence-electron chi connectivity index (χ3n) is 4.57. The van der Waals surface area contributed by atoms with Crippen LogP contribution >= 0.6 is 0 Å². The normalized spacial score (nSPS) is 17.3. The van der Waals surface area contributed by atoms with Crippen molar-refractivity contribution in [3.8, 4) is 0 Å². The number of fused-ring (bicyclic) bond motifs is 1. The fraction of sp³-hybridized carbons (Fsp3) is 0.500. The summed E-state index contributed by atoms with van der Waals surface area (Å²) in [7, 11) is 0. The molecule has 0 aliphatic carbocycles. The number of hydrogen-bond donors (Lipinski definition) is 0. The van der Waals surface area contributed by atoms with E-state index in [1.807, 2.05) is 32.0 Å². The van der Waals surface area contributed by atoms with E-state index in [1.165, 1.54) is 4.68 Å². The van der Waals surface area contributed by atoms with E-state index in [1.54, 1.807) is 11.0 Å². The molecule has 6 heteroatoms. The fourth-order valence-corrected chi connectivity index (χ4v) is 3.19. The summed E-state index contributed by atoms with van der Waals surface area (Å²) < 4.78 is 6.66. The van der Waals surface area contributed by atoms with Gasteiger partial charge in [-0.25, -0.2) is 4.68 Å². The van der Waals surface area contributed by atoms with Crippen molar-refractivity contribution in [1.82, 2.24) is 14.7 Å². The molecule has 1 fully saturated rings. The van der Waals surface area contributed by atoms with Crippen molar-refractivity contribution in [3.63, 3.8) is 0 Å². The second-order valence-electron chi connectivity index (χ2n) is 6.26. The Morgan fingerprint density at radius 2 is 2.12 bits per heavy atom. The molecule has 24 heavy (non-hydrogen) atoms. The third-order valence-corrected chi connectivity index (χ3v) is 4.57. The molecule has 0 bridgehead atoms. The Bertz CT molecular complexity index is 794. The van der Waals surface area contributed by atoms with Crippen molar-refractivity contribution in [2.75, 3.05) is 26.3 Å². The van der Waals surface area contributed by atoms with Crippen molar-refractivity contribution in [2.45, 2.75) is 26.8 Å². The lowest BCUT2D eigenvalue weighted by molar-refractivity contribution is -0.132. The average molecular weight is 329 g/mol. The Labute approximate surface area is 141 Å². The minimum absolute atomic E-state index is 0.0219. The standard InChI is InChI=1S/C18H23N3O3/c1-3-20(10-14-8-9-24-12-14)17(22)11-21-18(23)16-7-5-4-6-15(16)13(2)19-21/h4-7,14H,3,8-12H2,1-2H3. The molecule has 2 aromatic rings. The van der Waals surface area contributed by atoms with E-state index in [9.17, 15) is 9.59 Å². The number of carbonyl (C=O) groups is 1. The molecule has 0 spiro atoms. The highest BCUT2D eigenvalue weighted by Crippen LogP contribution is 2.15. The smallest absolute Gasteiger partial charge is 0.275 e. The molecule has 2 heterocycles. The summed E-state index contributed by atoms with van der Waals surface area (Å²) in [5, 5.41) is 5.76. The topological polar surface area (TPSA) is 64.4 Å². The van der Waals surface area contributed by atoms with Crippen LogP contribution in [-0.2, 0) is 16.1 Å². The first kappa shape index (κ1) is 16.6. The van der Waals surface area contributed by atoms with Crippen molar-refractivity contribution in [1.29, 1.82) is 0 Å². The first-order valence-electron chi connectivity index (χ1n) is 8.42. The number of hydrogen-bond acceptors (Lipinski definition) is 4. The molecule has 1 aliphatic heterocycles. The zero-order chi connectivity index (χ0) is 17.1. The van der Waals surface area contributed by atoms with Crippen LogP contribution in [0.4, 0.5) is 0 Å². The van der Waals surface area contributed by atoms with Crippen molar-refractivity contribution in [3.05, 3.63) is 40.3 Å². The molecule has 1 amide bonds. The van der Waals surface area contributed by atoms with Crippen LogP contribution in [-0.4, -0.2) is 46.9 Å². The number of aromatic nitrogens is 2. The summed E-state index contributed by atoms with van der Waals surface area (Å²) in [6.45, 7) is 6.56. The first-order chi connectivity index (χ1) is 11.6. The van der Waals surface area contributed by atoms with Crippen LogP contribution in [0.2, 0.25) is 0 Å². The Morgan fingerprint density at radius 3 is 2.79 bits per heavy atom. The van der Waals surface area contributed by atoms with Gasteiger partial charge in [0.25, 0.3) is 5.56 Å². The van der Waals surface area contributed by atoms with Gasteiger partial charge in [-0.1, -0.05) is 18.2 Å². The molecule has 1 unspecified atom stereocenters. The molecular formula is C18H23N3O3. The number of ether oxygens (including phenoxy) is 1. The van der Waals surface area contributed by atoms with E-state index in [2.05, 4.69) is 5.10 Å². The van der Waals surface area contributed by atoms with E-state index in [-0.39, 0.29) is 18.0 Å². The summed E-state index contributed by atoms with van der Waals surface area (Å²) in [5.41, 5.74) is 0.537. The summed E-state index contributed by atoms with van der Waals surface area (Å²) in [5.74, 6) is 0.311. The Hall–Kier alpha value is -2.21. The lowest BCUT2D eigenvalue weighted by atomic mass is 10.1. The van der Waals surface area contributed by atoms with Crippen LogP contribution in [0.3, 0.4) is 0 Å². The third kappa shape index (κ3) is 3.33. The molecule has 0 N–H and O–H groups in total. The lowest BCUT2D eigenvalue weighted by Gasteiger charge is -2.24. The molecule has 1 atom stereocenters. The zero-order valence-corrected chi connectivity index (χ0v) is 14.2. The maximum absolute atomic E-state index is 12.6. The largest absolute Gasteiger partial charge is 0.381 e. The highest BCUT2D eigenvalue weighted by atomic mass is 16.5. The first-order valence-corrected chi connectivity index (χ1v) is 8.42. The predicted molar refractivity (Wildman–Crippen MR) is 91.9 cm³/mol. The minimum atomic E-state index is -0.218. The second-order valence-corrected chi connectivity index (χ2v) is 6.26. The summed E-state index contributed by atoms with van der Waals surface area (Å²) in [4.78, 5) is 27.0. The van der Waals surface area contributed by atoms with Crippen LogP contribution in [0.5, 0.6) is 0 Å². The Kier molecular flexibility index (Phi) is 4.94. The number of likely N-dealkylation sites (N-methyl/N-ethyl adjacent to an activating group) is 1. The summed E-state index contributed by atoms with van der Waals surface area (Å²) >= 11 is 0.